The van der Waals surface area contributed by atoms with E-state index in [1.165, 1.54) is 32.1 Å². The minimum Gasteiger partial charge on any atom is -0.192 e. The zero-order valence-corrected chi connectivity index (χ0v) is 13.1. The smallest absolute Gasteiger partial charge is 0 e. The summed E-state index contributed by atoms with van der Waals surface area (Å²) in [6.45, 7) is 11.5. The molecule has 0 radical (unpaired) electrons. The Morgan fingerprint density at radius 3 is 1.25 bits per heavy atom. The summed E-state index contributed by atoms with van der Waals surface area (Å²) < 4.78 is 0. The van der Waals surface area contributed by atoms with Crippen LogP contribution in [0.5, 0.6) is 0 Å². The third-order valence-electron chi connectivity index (χ3n) is 3.59. The fraction of sp³-hybridized carbons (Fsp3) is 0.667. The maximum atomic E-state index is 2.30. The first kappa shape index (κ1) is 16.1. The van der Waals surface area contributed by atoms with Gasteiger partial charge in [0, 0.05) is 21.7 Å². The molecule has 0 bridgehead atoms. The minimum absolute atomic E-state index is 0. The zero-order valence-electron chi connectivity index (χ0n) is 11.5. The van der Waals surface area contributed by atoms with Crippen LogP contribution < -0.4 is 0 Å². The van der Waals surface area contributed by atoms with Gasteiger partial charge in [-0.1, -0.05) is 66.7 Å². The van der Waals surface area contributed by atoms with Crippen LogP contribution in [0.1, 0.15) is 62.4 Å². The van der Waals surface area contributed by atoms with Crippen LogP contribution in [0, 0.1) is 0 Å². The molecule has 0 fully saturated rings. The molecule has 0 heterocycles. The maximum Gasteiger partial charge on any atom is 0 e. The van der Waals surface area contributed by atoms with Gasteiger partial charge in [0.25, 0.3) is 0 Å². The van der Waals surface area contributed by atoms with E-state index < -0.39 is 0 Å². The third-order valence-corrected chi connectivity index (χ3v) is 3.59. The Morgan fingerprint density at radius 2 is 1.06 bits per heavy atom. The molecule has 16 heavy (non-hydrogen) atoms. The molecule has 0 saturated carbocycles. The molecule has 0 spiro atoms. The van der Waals surface area contributed by atoms with E-state index in [-0.39, 0.29) is 21.7 Å². The Balaban J connectivity index is 0.00000225. The normalized spacial score (nSPS) is 10.3. The molecule has 1 heteroatoms. The van der Waals surface area contributed by atoms with E-state index in [4.69, 9.17) is 0 Å². The Kier molecular flexibility index (Phi) is 7.43. The van der Waals surface area contributed by atoms with E-state index in [1.807, 2.05) is 0 Å². The molecule has 0 unspecified atom stereocenters. The topological polar surface area (TPSA) is 0 Å². The molecule has 1 rings (SSSR count). The molecule has 0 aromatic heterocycles. The summed E-state index contributed by atoms with van der Waals surface area (Å²) >= 11 is 0. The second-order valence-electron chi connectivity index (χ2n) is 4.16. The van der Waals surface area contributed by atoms with Crippen molar-refractivity contribution in [2.45, 2.75) is 66.7 Å². The van der Waals surface area contributed by atoms with Crippen molar-refractivity contribution in [3.05, 3.63) is 27.8 Å². The van der Waals surface area contributed by atoms with Crippen LogP contribution in [-0.2, 0) is 53.8 Å². The summed E-state index contributed by atoms with van der Waals surface area (Å²) in [6.07, 6.45) is 6.04. The SMILES string of the molecule is CCc1c(CC)c(CC)[c-](CC)c1CC.[Ti]. The minimum atomic E-state index is 0. The van der Waals surface area contributed by atoms with Crippen molar-refractivity contribution in [3.63, 3.8) is 0 Å². The van der Waals surface area contributed by atoms with Crippen LogP contribution in [0.15, 0.2) is 0 Å². The van der Waals surface area contributed by atoms with E-state index in [0.29, 0.717) is 0 Å². The maximum absolute atomic E-state index is 2.30. The first-order valence-corrected chi connectivity index (χ1v) is 6.55. The predicted octanol–water partition coefficient (Wildman–Crippen LogP) is 4.22. The van der Waals surface area contributed by atoms with E-state index in [1.54, 1.807) is 27.8 Å². The molecule has 0 amide bonds. The van der Waals surface area contributed by atoms with Crippen molar-refractivity contribution in [1.82, 2.24) is 0 Å². The van der Waals surface area contributed by atoms with Gasteiger partial charge in [-0.15, -0.1) is 0 Å². The van der Waals surface area contributed by atoms with Crippen molar-refractivity contribution in [2.75, 3.05) is 0 Å². The average Bonchev–Trinajstić information content (AvgIpc) is 2.59. The summed E-state index contributed by atoms with van der Waals surface area (Å²) in [5.41, 5.74) is 8.30. The second-order valence-corrected chi connectivity index (χ2v) is 4.16. The van der Waals surface area contributed by atoms with Crippen molar-refractivity contribution in [3.8, 4) is 0 Å². The summed E-state index contributed by atoms with van der Waals surface area (Å²) in [5.74, 6) is 0. The van der Waals surface area contributed by atoms with Gasteiger partial charge in [0.15, 0.2) is 0 Å². The van der Waals surface area contributed by atoms with Gasteiger partial charge < -0.3 is 0 Å². The molecular weight excluding hydrogens is 228 g/mol. The van der Waals surface area contributed by atoms with Gasteiger partial charge in [0.05, 0.1) is 0 Å². The van der Waals surface area contributed by atoms with Gasteiger partial charge in [0.1, 0.15) is 0 Å². The number of rotatable bonds is 5. The molecule has 1 aromatic carbocycles. The quantitative estimate of drug-likeness (QED) is 0.544. The Morgan fingerprint density at radius 1 is 0.688 bits per heavy atom. The van der Waals surface area contributed by atoms with Crippen LogP contribution in [0.25, 0.3) is 0 Å². The average molecular weight is 253 g/mol. The molecule has 0 N–H and O–H groups in total. The molecule has 0 aliphatic heterocycles. The Labute approximate surface area is 116 Å². The van der Waals surface area contributed by atoms with Crippen molar-refractivity contribution in [1.29, 1.82) is 0 Å². The van der Waals surface area contributed by atoms with Gasteiger partial charge in [-0.2, -0.15) is 27.8 Å². The van der Waals surface area contributed by atoms with Crippen molar-refractivity contribution >= 4 is 0 Å². The molecule has 0 aliphatic rings. The van der Waals surface area contributed by atoms with Crippen LogP contribution in [0.3, 0.4) is 0 Å². The van der Waals surface area contributed by atoms with Gasteiger partial charge >= 0.3 is 0 Å². The fourth-order valence-electron chi connectivity index (χ4n) is 3.04. The third kappa shape index (κ3) is 2.66. The molecular formula is C15H25Ti-. The van der Waals surface area contributed by atoms with Crippen LogP contribution >= 0.6 is 0 Å². The summed E-state index contributed by atoms with van der Waals surface area (Å²) in [4.78, 5) is 0. The Bertz CT molecular complexity index is 229. The number of hydrogen-bond acceptors (Lipinski definition) is 0. The summed E-state index contributed by atoms with van der Waals surface area (Å²) in [6, 6.07) is 0. The van der Waals surface area contributed by atoms with Gasteiger partial charge in [-0.05, 0) is 0 Å². The van der Waals surface area contributed by atoms with E-state index in [0.717, 1.165) is 0 Å². The molecule has 90 valence electrons. The molecule has 0 aliphatic carbocycles. The van der Waals surface area contributed by atoms with Gasteiger partial charge in [-0.25, -0.2) is 0 Å². The van der Waals surface area contributed by atoms with E-state index in [2.05, 4.69) is 34.6 Å². The van der Waals surface area contributed by atoms with Gasteiger partial charge in [0.2, 0.25) is 0 Å². The molecule has 0 saturated heterocycles. The first-order chi connectivity index (χ1) is 7.24. The van der Waals surface area contributed by atoms with Crippen molar-refractivity contribution < 1.29 is 21.7 Å². The standard InChI is InChI=1S/C15H25.Ti/c1-6-11-12(7-2)14(9-4)15(10-5)13(11)8-3;/h6-10H2,1-5H3;/q-1;. The van der Waals surface area contributed by atoms with Crippen LogP contribution in [-0.4, -0.2) is 0 Å². The Hall–Kier alpha value is 0.0643. The largest absolute Gasteiger partial charge is 0.192 e. The van der Waals surface area contributed by atoms with Gasteiger partial charge in [-0.3, -0.25) is 0 Å². The fourth-order valence-corrected chi connectivity index (χ4v) is 3.04. The zero-order chi connectivity index (χ0) is 11.4. The summed E-state index contributed by atoms with van der Waals surface area (Å²) in [5, 5.41) is 0. The predicted molar refractivity (Wildman–Crippen MR) is 68.9 cm³/mol. The van der Waals surface area contributed by atoms with Crippen LogP contribution in [0.4, 0.5) is 0 Å². The first-order valence-electron chi connectivity index (χ1n) is 6.55. The van der Waals surface area contributed by atoms with E-state index >= 15 is 0 Å². The van der Waals surface area contributed by atoms with E-state index in [9.17, 15) is 0 Å². The van der Waals surface area contributed by atoms with Crippen molar-refractivity contribution in [2.24, 2.45) is 0 Å². The molecule has 0 nitrogen and oxygen atoms in total. The monoisotopic (exact) mass is 253 g/mol. The number of hydrogen-bond donors (Lipinski definition) is 0. The molecule has 1 aromatic rings. The second kappa shape index (κ2) is 7.40. The molecule has 0 atom stereocenters. The summed E-state index contributed by atoms with van der Waals surface area (Å²) in [7, 11) is 0. The van der Waals surface area contributed by atoms with Crippen LogP contribution in [0.2, 0.25) is 0 Å².